The minimum absolute atomic E-state index is 0.486. The highest BCUT2D eigenvalue weighted by Crippen LogP contribution is 2.29. The van der Waals surface area contributed by atoms with Gasteiger partial charge in [-0.3, -0.25) is 4.79 Å². The number of nitrogens with two attached hydrogens (primary N) is 1. The molecule has 0 radical (unpaired) electrons. The van der Waals surface area contributed by atoms with E-state index < -0.39 is 12.0 Å². The molecule has 0 fully saturated rings. The van der Waals surface area contributed by atoms with Crippen LogP contribution in [0.15, 0.2) is 5.16 Å². The predicted molar refractivity (Wildman–Crippen MR) is 52.3 cm³/mol. The van der Waals surface area contributed by atoms with E-state index in [1.165, 1.54) is 0 Å². The van der Waals surface area contributed by atoms with Crippen molar-refractivity contribution in [3.8, 4) is 0 Å². The van der Waals surface area contributed by atoms with Gasteiger partial charge in [0.1, 0.15) is 6.04 Å². The highest BCUT2D eigenvalue weighted by atomic mass is 32.2. The standard InChI is InChI=1S/C8H11N3O2S/c1-4-6(5(9)7(12)13)10-8-11(4)2-3-14-8/h5H,2-3,9H2,1H3,(H,12,13). The van der Waals surface area contributed by atoms with E-state index in [-0.39, 0.29) is 0 Å². The molecule has 1 aliphatic heterocycles. The Balaban J connectivity index is 2.41. The number of fused-ring (bicyclic) bond motifs is 1. The average molecular weight is 213 g/mol. The molecule has 1 aromatic rings. The van der Waals surface area contributed by atoms with Crippen molar-refractivity contribution in [2.45, 2.75) is 24.7 Å². The van der Waals surface area contributed by atoms with Gasteiger partial charge < -0.3 is 15.4 Å². The number of thioether (sulfide) groups is 1. The molecule has 1 aliphatic rings. The van der Waals surface area contributed by atoms with Crippen molar-refractivity contribution >= 4 is 17.7 Å². The molecule has 6 heteroatoms. The molecule has 0 saturated heterocycles. The van der Waals surface area contributed by atoms with Crippen LogP contribution in [0.3, 0.4) is 0 Å². The zero-order chi connectivity index (χ0) is 10.3. The molecule has 0 aliphatic carbocycles. The van der Waals surface area contributed by atoms with Gasteiger partial charge in [-0.2, -0.15) is 0 Å². The SMILES string of the molecule is Cc1c(C(N)C(=O)O)nc2n1CCS2. The van der Waals surface area contributed by atoms with Gasteiger partial charge in [0.15, 0.2) is 5.16 Å². The molecule has 0 aromatic carbocycles. The van der Waals surface area contributed by atoms with Crippen molar-refractivity contribution in [1.29, 1.82) is 0 Å². The Labute approximate surface area is 85.3 Å². The van der Waals surface area contributed by atoms with E-state index in [2.05, 4.69) is 4.98 Å². The van der Waals surface area contributed by atoms with E-state index in [9.17, 15) is 4.79 Å². The third-order valence-electron chi connectivity index (χ3n) is 2.33. The summed E-state index contributed by atoms with van der Waals surface area (Å²) < 4.78 is 2.02. The fraction of sp³-hybridized carbons (Fsp3) is 0.500. The highest BCUT2D eigenvalue weighted by molar-refractivity contribution is 7.99. The van der Waals surface area contributed by atoms with Gasteiger partial charge in [-0.1, -0.05) is 11.8 Å². The Morgan fingerprint density at radius 2 is 2.50 bits per heavy atom. The number of rotatable bonds is 2. The van der Waals surface area contributed by atoms with Crippen LogP contribution in [0.4, 0.5) is 0 Å². The summed E-state index contributed by atoms with van der Waals surface area (Å²) in [5, 5.41) is 9.65. The van der Waals surface area contributed by atoms with Gasteiger partial charge in [-0.05, 0) is 6.92 Å². The van der Waals surface area contributed by atoms with Crippen LogP contribution < -0.4 is 5.73 Å². The lowest BCUT2D eigenvalue weighted by Gasteiger charge is -2.05. The number of carboxylic acids is 1. The van der Waals surface area contributed by atoms with E-state index in [1.54, 1.807) is 11.8 Å². The van der Waals surface area contributed by atoms with Gasteiger partial charge in [0.2, 0.25) is 0 Å². The van der Waals surface area contributed by atoms with E-state index in [1.807, 2.05) is 11.5 Å². The first-order valence-electron chi connectivity index (χ1n) is 4.29. The maximum atomic E-state index is 10.7. The van der Waals surface area contributed by atoms with E-state index in [0.29, 0.717) is 5.69 Å². The molecule has 1 atom stereocenters. The van der Waals surface area contributed by atoms with Gasteiger partial charge in [0.05, 0.1) is 5.69 Å². The summed E-state index contributed by atoms with van der Waals surface area (Å²) in [5.41, 5.74) is 6.88. The van der Waals surface area contributed by atoms with Crippen LogP contribution in [-0.4, -0.2) is 26.4 Å². The van der Waals surface area contributed by atoms with Gasteiger partial charge >= 0.3 is 5.97 Å². The Bertz CT molecular complexity index is 388. The summed E-state index contributed by atoms with van der Waals surface area (Å²) >= 11 is 1.64. The summed E-state index contributed by atoms with van der Waals surface area (Å²) in [5.74, 6) is -0.0268. The quantitative estimate of drug-likeness (QED) is 0.742. The molecule has 2 heterocycles. The minimum Gasteiger partial charge on any atom is -0.480 e. The van der Waals surface area contributed by atoms with Crippen LogP contribution in [-0.2, 0) is 11.3 Å². The Morgan fingerprint density at radius 3 is 3.07 bits per heavy atom. The normalized spacial score (nSPS) is 16.7. The fourth-order valence-electron chi connectivity index (χ4n) is 1.54. The van der Waals surface area contributed by atoms with E-state index in [4.69, 9.17) is 10.8 Å². The first kappa shape index (κ1) is 9.54. The molecule has 2 rings (SSSR count). The topological polar surface area (TPSA) is 81.1 Å². The Morgan fingerprint density at radius 1 is 1.79 bits per heavy atom. The average Bonchev–Trinajstić information content (AvgIpc) is 2.68. The number of hydrogen-bond acceptors (Lipinski definition) is 4. The Kier molecular flexibility index (Phi) is 2.24. The van der Waals surface area contributed by atoms with Crippen molar-refractivity contribution in [3.05, 3.63) is 11.4 Å². The van der Waals surface area contributed by atoms with Crippen LogP contribution in [0.1, 0.15) is 17.4 Å². The number of aromatic nitrogens is 2. The number of imidazole rings is 1. The summed E-state index contributed by atoms with van der Waals surface area (Å²) in [7, 11) is 0. The Hall–Kier alpha value is -1.01. The van der Waals surface area contributed by atoms with Crippen LogP contribution in [0.2, 0.25) is 0 Å². The lowest BCUT2D eigenvalue weighted by Crippen LogP contribution is -2.22. The number of carbonyl (C=O) groups is 1. The van der Waals surface area contributed by atoms with Gasteiger partial charge in [0.25, 0.3) is 0 Å². The third kappa shape index (κ3) is 1.31. The molecule has 1 aromatic heterocycles. The molecule has 1 unspecified atom stereocenters. The number of hydrogen-bond donors (Lipinski definition) is 2. The molecule has 0 amide bonds. The third-order valence-corrected chi connectivity index (χ3v) is 3.29. The highest BCUT2D eigenvalue weighted by Gasteiger charge is 2.25. The summed E-state index contributed by atoms with van der Waals surface area (Å²) in [6.45, 7) is 2.76. The minimum atomic E-state index is -1.03. The first-order valence-corrected chi connectivity index (χ1v) is 5.28. The molecule has 0 saturated carbocycles. The summed E-state index contributed by atoms with van der Waals surface area (Å²) in [6.07, 6.45) is 0. The van der Waals surface area contributed by atoms with Gasteiger partial charge in [-0.25, -0.2) is 4.98 Å². The number of nitrogens with zero attached hydrogens (tertiary/aromatic N) is 2. The maximum Gasteiger partial charge on any atom is 0.326 e. The molecule has 76 valence electrons. The molecular formula is C8H11N3O2S. The first-order chi connectivity index (χ1) is 6.61. The van der Waals surface area contributed by atoms with Crippen molar-refractivity contribution < 1.29 is 9.90 Å². The van der Waals surface area contributed by atoms with Crippen LogP contribution >= 0.6 is 11.8 Å². The van der Waals surface area contributed by atoms with Crippen molar-refractivity contribution in [1.82, 2.24) is 9.55 Å². The molecule has 14 heavy (non-hydrogen) atoms. The van der Waals surface area contributed by atoms with E-state index in [0.717, 1.165) is 23.1 Å². The number of carboxylic acid groups (broad SMARTS) is 1. The summed E-state index contributed by atoms with van der Waals surface area (Å²) in [4.78, 5) is 14.9. The zero-order valence-electron chi connectivity index (χ0n) is 7.73. The second kappa shape index (κ2) is 3.29. The van der Waals surface area contributed by atoms with Crippen molar-refractivity contribution in [2.24, 2.45) is 5.73 Å². The lowest BCUT2D eigenvalue weighted by molar-refractivity contribution is -0.138. The second-order valence-corrected chi connectivity index (χ2v) is 4.24. The molecule has 0 spiro atoms. The van der Waals surface area contributed by atoms with Crippen LogP contribution in [0.5, 0.6) is 0 Å². The zero-order valence-corrected chi connectivity index (χ0v) is 8.54. The molecule has 3 N–H and O–H groups in total. The van der Waals surface area contributed by atoms with Gasteiger partial charge in [0, 0.05) is 18.0 Å². The fourth-order valence-corrected chi connectivity index (χ4v) is 2.54. The van der Waals surface area contributed by atoms with Crippen molar-refractivity contribution in [3.63, 3.8) is 0 Å². The monoisotopic (exact) mass is 213 g/mol. The smallest absolute Gasteiger partial charge is 0.326 e. The largest absolute Gasteiger partial charge is 0.480 e. The van der Waals surface area contributed by atoms with Crippen molar-refractivity contribution in [2.75, 3.05) is 5.75 Å². The number of aliphatic carboxylic acids is 1. The summed E-state index contributed by atoms with van der Waals surface area (Å²) in [6, 6.07) is -1.01. The van der Waals surface area contributed by atoms with Crippen LogP contribution in [0, 0.1) is 6.92 Å². The maximum absolute atomic E-state index is 10.7. The molecule has 0 bridgehead atoms. The van der Waals surface area contributed by atoms with Gasteiger partial charge in [-0.15, -0.1) is 0 Å². The second-order valence-electron chi connectivity index (χ2n) is 3.18. The van der Waals surface area contributed by atoms with E-state index >= 15 is 0 Å². The predicted octanol–water partition coefficient (Wildman–Crippen LogP) is 0.382. The van der Waals surface area contributed by atoms with Crippen LogP contribution in [0.25, 0.3) is 0 Å². The molecular weight excluding hydrogens is 202 g/mol. The lowest BCUT2D eigenvalue weighted by atomic mass is 10.2. The molecule has 5 nitrogen and oxygen atoms in total.